The van der Waals surface area contributed by atoms with Crippen LogP contribution in [0, 0.1) is 5.82 Å². The van der Waals surface area contributed by atoms with Crippen LogP contribution in [0.1, 0.15) is 10.4 Å². The molecular formula is C10H4Cl2FNO. The van der Waals surface area contributed by atoms with Gasteiger partial charge in [-0.05, 0) is 18.2 Å². The Morgan fingerprint density at radius 2 is 2.00 bits per heavy atom. The second kappa shape index (κ2) is 3.76. The average Bonchev–Trinajstić information content (AvgIpc) is 2.20. The molecule has 0 aliphatic heterocycles. The molecule has 0 atom stereocenters. The van der Waals surface area contributed by atoms with Crippen LogP contribution in [0.2, 0.25) is 10.2 Å². The second-order valence-electron chi connectivity index (χ2n) is 2.95. The van der Waals surface area contributed by atoms with E-state index < -0.39 is 5.82 Å². The number of carbonyl (C=O) groups is 1. The lowest BCUT2D eigenvalue weighted by Gasteiger charge is -2.02. The number of rotatable bonds is 1. The summed E-state index contributed by atoms with van der Waals surface area (Å²) in [6.07, 6.45) is 0.571. The van der Waals surface area contributed by atoms with Crippen molar-refractivity contribution < 1.29 is 9.18 Å². The van der Waals surface area contributed by atoms with Crippen LogP contribution in [-0.2, 0) is 0 Å². The molecule has 0 aliphatic rings. The Morgan fingerprint density at radius 1 is 1.27 bits per heavy atom. The Hall–Kier alpha value is -1.19. The van der Waals surface area contributed by atoms with Gasteiger partial charge in [-0.2, -0.15) is 0 Å². The zero-order chi connectivity index (χ0) is 11.0. The van der Waals surface area contributed by atoms with Gasteiger partial charge >= 0.3 is 0 Å². The first-order chi connectivity index (χ1) is 7.11. The zero-order valence-corrected chi connectivity index (χ0v) is 8.81. The predicted molar refractivity (Wildman–Crippen MR) is 57.1 cm³/mol. The highest BCUT2D eigenvalue weighted by Crippen LogP contribution is 2.24. The van der Waals surface area contributed by atoms with E-state index in [9.17, 15) is 9.18 Å². The van der Waals surface area contributed by atoms with Gasteiger partial charge in [-0.1, -0.05) is 23.2 Å². The lowest BCUT2D eigenvalue weighted by Crippen LogP contribution is -1.89. The summed E-state index contributed by atoms with van der Waals surface area (Å²) in [6.45, 7) is 0. The van der Waals surface area contributed by atoms with Crippen LogP contribution in [0.5, 0.6) is 0 Å². The van der Waals surface area contributed by atoms with Crippen molar-refractivity contribution in [2.24, 2.45) is 0 Å². The molecule has 2 aromatic rings. The molecule has 0 bridgehead atoms. The van der Waals surface area contributed by atoms with E-state index >= 15 is 0 Å². The number of benzene rings is 1. The minimum Gasteiger partial charge on any atom is -0.298 e. The Kier molecular flexibility index (Phi) is 2.59. The molecule has 0 aliphatic carbocycles. The Balaban J connectivity index is 2.82. The molecule has 2 nitrogen and oxygen atoms in total. The minimum absolute atomic E-state index is 0.0232. The van der Waals surface area contributed by atoms with Gasteiger partial charge in [0.1, 0.15) is 11.0 Å². The largest absolute Gasteiger partial charge is 0.298 e. The molecule has 15 heavy (non-hydrogen) atoms. The van der Waals surface area contributed by atoms with Crippen molar-refractivity contribution in [2.45, 2.75) is 0 Å². The summed E-state index contributed by atoms with van der Waals surface area (Å²) < 4.78 is 13.1. The molecule has 0 spiro atoms. The van der Waals surface area contributed by atoms with Crippen LogP contribution < -0.4 is 0 Å². The van der Waals surface area contributed by atoms with Gasteiger partial charge in [-0.15, -0.1) is 0 Å². The van der Waals surface area contributed by atoms with E-state index in [2.05, 4.69) is 4.98 Å². The minimum atomic E-state index is -0.551. The Bertz CT molecular complexity index is 557. The lowest BCUT2D eigenvalue weighted by molar-refractivity contribution is 0.112. The molecule has 1 aromatic heterocycles. The molecule has 5 heteroatoms. The van der Waals surface area contributed by atoms with Crippen molar-refractivity contribution in [2.75, 3.05) is 0 Å². The van der Waals surface area contributed by atoms with Gasteiger partial charge in [0.15, 0.2) is 6.29 Å². The molecule has 1 aromatic carbocycles. The Labute approximate surface area is 94.6 Å². The van der Waals surface area contributed by atoms with Crippen LogP contribution in [0.25, 0.3) is 10.9 Å². The van der Waals surface area contributed by atoms with Gasteiger partial charge in [0.05, 0.1) is 16.1 Å². The van der Waals surface area contributed by atoms with E-state index in [0.29, 0.717) is 17.2 Å². The highest BCUT2D eigenvalue weighted by Gasteiger charge is 2.07. The highest BCUT2D eigenvalue weighted by atomic mass is 35.5. The van der Waals surface area contributed by atoms with Gasteiger partial charge in [0.2, 0.25) is 0 Å². The lowest BCUT2D eigenvalue weighted by atomic mass is 10.2. The number of hydrogen-bond donors (Lipinski definition) is 0. The fraction of sp³-hybridized carbons (Fsp3) is 0. The maximum atomic E-state index is 13.1. The summed E-state index contributed by atoms with van der Waals surface area (Å²) in [5, 5.41) is 0.550. The summed E-state index contributed by atoms with van der Waals surface area (Å²) in [5.74, 6) is -0.551. The third-order valence-electron chi connectivity index (χ3n) is 1.96. The summed E-state index contributed by atoms with van der Waals surface area (Å²) in [7, 11) is 0. The highest BCUT2D eigenvalue weighted by molar-refractivity contribution is 6.33. The average molecular weight is 244 g/mol. The molecule has 1 heterocycles. The number of nitrogens with zero attached hydrogens (tertiary/aromatic N) is 1. The SMILES string of the molecule is O=Cc1cc2cc(F)c(Cl)cc2nc1Cl. The van der Waals surface area contributed by atoms with Crippen molar-refractivity contribution in [3.05, 3.63) is 39.8 Å². The Morgan fingerprint density at radius 3 is 2.67 bits per heavy atom. The first-order valence-corrected chi connectivity index (χ1v) is 4.78. The van der Waals surface area contributed by atoms with E-state index in [4.69, 9.17) is 23.2 Å². The zero-order valence-electron chi connectivity index (χ0n) is 7.30. The molecule has 0 N–H and O–H groups in total. The summed E-state index contributed by atoms with van der Waals surface area (Å²) in [4.78, 5) is 14.5. The molecule has 0 saturated heterocycles. The van der Waals surface area contributed by atoms with Crippen molar-refractivity contribution in [3.8, 4) is 0 Å². The van der Waals surface area contributed by atoms with Crippen molar-refractivity contribution in [3.63, 3.8) is 0 Å². The smallest absolute Gasteiger partial charge is 0.153 e. The first-order valence-electron chi connectivity index (χ1n) is 4.02. The van der Waals surface area contributed by atoms with Crippen molar-refractivity contribution in [1.29, 1.82) is 0 Å². The predicted octanol–water partition coefficient (Wildman–Crippen LogP) is 3.49. The first kappa shape index (κ1) is 10.3. The van der Waals surface area contributed by atoms with E-state index in [0.717, 1.165) is 0 Å². The van der Waals surface area contributed by atoms with Crippen LogP contribution in [-0.4, -0.2) is 11.3 Å². The van der Waals surface area contributed by atoms with Crippen molar-refractivity contribution >= 4 is 40.4 Å². The summed E-state index contributed by atoms with van der Waals surface area (Å²) >= 11 is 11.3. The van der Waals surface area contributed by atoms with E-state index in [1.807, 2.05) is 0 Å². The molecule has 0 radical (unpaired) electrons. The molecule has 2 rings (SSSR count). The monoisotopic (exact) mass is 243 g/mol. The molecule has 76 valence electrons. The number of aromatic nitrogens is 1. The van der Waals surface area contributed by atoms with E-state index in [-0.39, 0.29) is 15.7 Å². The van der Waals surface area contributed by atoms with Gasteiger partial charge in [-0.25, -0.2) is 9.37 Å². The van der Waals surface area contributed by atoms with Gasteiger partial charge in [0.25, 0.3) is 0 Å². The summed E-state index contributed by atoms with van der Waals surface area (Å²) in [6, 6.07) is 4.05. The van der Waals surface area contributed by atoms with Crippen LogP contribution >= 0.6 is 23.2 Å². The fourth-order valence-corrected chi connectivity index (χ4v) is 1.59. The van der Waals surface area contributed by atoms with E-state index in [1.165, 1.54) is 18.2 Å². The van der Waals surface area contributed by atoms with Crippen molar-refractivity contribution in [1.82, 2.24) is 4.98 Å². The van der Waals surface area contributed by atoms with Crippen LogP contribution in [0.4, 0.5) is 4.39 Å². The number of fused-ring (bicyclic) bond motifs is 1. The molecule has 0 fully saturated rings. The third-order valence-corrected chi connectivity index (χ3v) is 2.56. The normalized spacial score (nSPS) is 10.6. The quantitative estimate of drug-likeness (QED) is 0.567. The molecular weight excluding hydrogens is 240 g/mol. The maximum absolute atomic E-state index is 13.1. The fourth-order valence-electron chi connectivity index (χ4n) is 1.24. The summed E-state index contributed by atoms with van der Waals surface area (Å²) in [5.41, 5.74) is 0.683. The third kappa shape index (κ3) is 1.80. The number of halogens is 3. The van der Waals surface area contributed by atoms with E-state index in [1.54, 1.807) is 0 Å². The number of carbonyl (C=O) groups excluding carboxylic acids is 1. The standard InChI is InChI=1S/C10H4Cl2FNO/c11-7-3-9-5(2-8(7)13)1-6(4-15)10(12)14-9/h1-4H. The maximum Gasteiger partial charge on any atom is 0.153 e. The second-order valence-corrected chi connectivity index (χ2v) is 3.71. The molecule has 0 unspecified atom stereocenters. The van der Waals surface area contributed by atoms with Gasteiger partial charge in [-0.3, -0.25) is 4.79 Å². The van der Waals surface area contributed by atoms with Crippen LogP contribution in [0.3, 0.4) is 0 Å². The number of hydrogen-bond acceptors (Lipinski definition) is 2. The van der Waals surface area contributed by atoms with Gasteiger partial charge < -0.3 is 0 Å². The number of aldehydes is 1. The molecule has 0 amide bonds. The number of pyridine rings is 1. The van der Waals surface area contributed by atoms with Gasteiger partial charge in [0, 0.05) is 5.39 Å². The molecule has 0 saturated carbocycles. The topological polar surface area (TPSA) is 30.0 Å². The van der Waals surface area contributed by atoms with Crippen LogP contribution in [0.15, 0.2) is 18.2 Å².